The van der Waals surface area contributed by atoms with Crippen LogP contribution in [-0.4, -0.2) is 30.2 Å². The SMILES string of the molecule is C/C(=N\OCC(=O)N(C)Cc1ccc(C#N)cc1)c1ccc(Br)s1. The van der Waals surface area contributed by atoms with Crippen LogP contribution in [0.1, 0.15) is 22.9 Å². The lowest BCUT2D eigenvalue weighted by molar-refractivity contribution is -0.135. The standard InChI is InChI=1S/C17H16BrN3O2S/c1-12(15-7-8-16(18)24-15)20-23-11-17(22)21(2)10-14-5-3-13(9-19)4-6-14/h3-8H,10-11H2,1-2H3/b20-12+. The number of oxime groups is 1. The topological polar surface area (TPSA) is 65.7 Å². The zero-order chi connectivity index (χ0) is 17.5. The maximum absolute atomic E-state index is 12.1. The first-order valence-electron chi connectivity index (χ1n) is 7.15. The van der Waals surface area contributed by atoms with E-state index in [0.29, 0.717) is 12.1 Å². The summed E-state index contributed by atoms with van der Waals surface area (Å²) in [6.45, 7) is 2.17. The smallest absolute Gasteiger partial charge is 0.263 e. The normalized spacial score (nSPS) is 11.0. The van der Waals surface area contributed by atoms with Gasteiger partial charge in [0.15, 0.2) is 6.61 Å². The van der Waals surface area contributed by atoms with Crippen molar-refractivity contribution < 1.29 is 9.63 Å². The lowest BCUT2D eigenvalue weighted by atomic mass is 10.1. The van der Waals surface area contributed by atoms with Crippen LogP contribution in [0, 0.1) is 11.3 Å². The molecule has 0 aliphatic heterocycles. The van der Waals surface area contributed by atoms with Gasteiger partial charge in [0.25, 0.3) is 5.91 Å². The molecule has 0 aliphatic carbocycles. The highest BCUT2D eigenvalue weighted by Gasteiger charge is 2.10. The van der Waals surface area contributed by atoms with Gasteiger partial charge >= 0.3 is 0 Å². The van der Waals surface area contributed by atoms with E-state index in [1.165, 1.54) is 0 Å². The van der Waals surface area contributed by atoms with Gasteiger partial charge in [0, 0.05) is 13.6 Å². The molecule has 1 heterocycles. The van der Waals surface area contributed by atoms with E-state index in [4.69, 9.17) is 10.1 Å². The highest BCUT2D eigenvalue weighted by atomic mass is 79.9. The first kappa shape index (κ1) is 18.2. The summed E-state index contributed by atoms with van der Waals surface area (Å²) in [5.74, 6) is -0.164. The number of likely N-dealkylation sites (N-methyl/N-ethyl adjacent to an activating group) is 1. The Bertz CT molecular complexity index is 778. The maximum Gasteiger partial charge on any atom is 0.263 e. The van der Waals surface area contributed by atoms with Crippen molar-refractivity contribution in [2.45, 2.75) is 13.5 Å². The summed E-state index contributed by atoms with van der Waals surface area (Å²) >= 11 is 4.95. The third-order valence-corrected chi connectivity index (χ3v) is 4.98. The van der Waals surface area contributed by atoms with E-state index in [2.05, 4.69) is 27.2 Å². The minimum absolute atomic E-state index is 0.114. The van der Waals surface area contributed by atoms with E-state index >= 15 is 0 Å². The summed E-state index contributed by atoms with van der Waals surface area (Å²) in [5.41, 5.74) is 2.28. The lowest BCUT2D eigenvalue weighted by Gasteiger charge is -2.16. The summed E-state index contributed by atoms with van der Waals surface area (Å²) in [6.07, 6.45) is 0. The predicted octanol–water partition coefficient (Wildman–Crippen LogP) is 3.78. The number of hydrogen-bond acceptors (Lipinski definition) is 5. The van der Waals surface area contributed by atoms with Crippen molar-refractivity contribution in [2.75, 3.05) is 13.7 Å². The van der Waals surface area contributed by atoms with Gasteiger partial charge in [-0.25, -0.2) is 0 Å². The van der Waals surface area contributed by atoms with Gasteiger partial charge in [-0.3, -0.25) is 4.79 Å². The van der Waals surface area contributed by atoms with Crippen LogP contribution < -0.4 is 0 Å². The van der Waals surface area contributed by atoms with E-state index in [9.17, 15) is 4.79 Å². The maximum atomic E-state index is 12.1. The van der Waals surface area contributed by atoms with Crippen molar-refractivity contribution in [1.82, 2.24) is 4.90 Å². The zero-order valence-corrected chi connectivity index (χ0v) is 15.7. The van der Waals surface area contributed by atoms with E-state index < -0.39 is 0 Å². The van der Waals surface area contributed by atoms with Gasteiger partial charge < -0.3 is 9.74 Å². The molecule has 0 bridgehead atoms. The number of thiophene rings is 1. The lowest BCUT2D eigenvalue weighted by Crippen LogP contribution is -2.29. The number of nitrogens with zero attached hydrogens (tertiary/aromatic N) is 3. The highest BCUT2D eigenvalue weighted by molar-refractivity contribution is 9.11. The first-order chi connectivity index (χ1) is 11.5. The van der Waals surface area contributed by atoms with E-state index in [-0.39, 0.29) is 12.5 Å². The first-order valence-corrected chi connectivity index (χ1v) is 8.76. The van der Waals surface area contributed by atoms with Crippen molar-refractivity contribution in [3.8, 4) is 6.07 Å². The fourth-order valence-electron chi connectivity index (χ4n) is 1.89. The predicted molar refractivity (Wildman–Crippen MR) is 97.8 cm³/mol. The van der Waals surface area contributed by atoms with Crippen LogP contribution in [0.25, 0.3) is 0 Å². The molecule has 0 saturated heterocycles. The third kappa shape index (κ3) is 5.18. The Kier molecular flexibility index (Phi) is 6.53. The van der Waals surface area contributed by atoms with E-state index in [1.807, 2.05) is 31.2 Å². The van der Waals surface area contributed by atoms with Crippen LogP contribution >= 0.6 is 27.3 Å². The number of rotatable bonds is 6. The molecule has 0 saturated carbocycles. The van der Waals surface area contributed by atoms with Gasteiger partial charge in [0.1, 0.15) is 0 Å². The van der Waals surface area contributed by atoms with Gasteiger partial charge in [-0.15, -0.1) is 11.3 Å². The second kappa shape index (κ2) is 8.62. The molecular formula is C17H16BrN3O2S. The number of benzene rings is 1. The molecule has 5 nitrogen and oxygen atoms in total. The van der Waals surface area contributed by atoms with Crippen molar-refractivity contribution in [3.63, 3.8) is 0 Å². The third-order valence-electron chi connectivity index (χ3n) is 3.25. The minimum Gasteiger partial charge on any atom is -0.385 e. The number of hydrogen-bond donors (Lipinski definition) is 0. The molecule has 0 radical (unpaired) electrons. The van der Waals surface area contributed by atoms with Gasteiger partial charge in [-0.1, -0.05) is 17.3 Å². The van der Waals surface area contributed by atoms with Crippen LogP contribution in [0.2, 0.25) is 0 Å². The molecule has 1 aromatic heterocycles. The Morgan fingerprint density at radius 2 is 2.04 bits per heavy atom. The molecule has 124 valence electrons. The summed E-state index contributed by atoms with van der Waals surface area (Å²) in [5, 5.41) is 12.8. The fourth-order valence-corrected chi connectivity index (χ4v) is 3.22. The Morgan fingerprint density at radius 3 is 2.62 bits per heavy atom. The molecule has 24 heavy (non-hydrogen) atoms. The van der Waals surface area contributed by atoms with Gasteiger partial charge in [0.2, 0.25) is 0 Å². The van der Waals surface area contributed by atoms with Crippen LogP contribution in [-0.2, 0) is 16.2 Å². The molecule has 2 rings (SSSR count). The fraction of sp³-hybridized carbons (Fsp3) is 0.235. The minimum atomic E-state index is -0.164. The molecule has 0 aliphatic rings. The van der Waals surface area contributed by atoms with Crippen LogP contribution in [0.5, 0.6) is 0 Å². The number of nitriles is 1. The van der Waals surface area contributed by atoms with Crippen molar-refractivity contribution in [2.24, 2.45) is 5.16 Å². The number of halogens is 1. The quantitative estimate of drug-likeness (QED) is 0.542. The van der Waals surface area contributed by atoms with Crippen LogP contribution in [0.15, 0.2) is 45.3 Å². The Labute approximate surface area is 153 Å². The Morgan fingerprint density at radius 1 is 1.33 bits per heavy atom. The van der Waals surface area contributed by atoms with Crippen molar-refractivity contribution >= 4 is 38.9 Å². The summed E-state index contributed by atoms with van der Waals surface area (Å²) in [6, 6.07) is 13.1. The highest BCUT2D eigenvalue weighted by Crippen LogP contribution is 2.22. The summed E-state index contributed by atoms with van der Waals surface area (Å²) < 4.78 is 1.02. The average Bonchev–Trinajstić information content (AvgIpc) is 3.02. The van der Waals surface area contributed by atoms with Crippen LogP contribution in [0.3, 0.4) is 0 Å². The molecule has 1 amide bonds. The monoisotopic (exact) mass is 405 g/mol. The molecule has 2 aromatic rings. The molecule has 0 atom stereocenters. The number of carbonyl (C=O) groups excluding carboxylic acids is 1. The van der Waals surface area contributed by atoms with Crippen molar-refractivity contribution in [3.05, 3.63) is 56.2 Å². The summed E-state index contributed by atoms with van der Waals surface area (Å²) in [7, 11) is 1.71. The van der Waals surface area contributed by atoms with Gasteiger partial charge in [-0.05, 0) is 52.7 Å². The van der Waals surface area contributed by atoms with E-state index in [0.717, 1.165) is 19.9 Å². The van der Waals surface area contributed by atoms with Gasteiger partial charge in [0.05, 0.1) is 26.0 Å². The second-order valence-electron chi connectivity index (χ2n) is 5.11. The Balaban J connectivity index is 1.84. The number of carbonyl (C=O) groups is 1. The largest absolute Gasteiger partial charge is 0.385 e. The Hall–Kier alpha value is -2.17. The molecule has 0 unspecified atom stereocenters. The molecule has 7 heteroatoms. The molecule has 0 fully saturated rings. The molecular weight excluding hydrogens is 390 g/mol. The summed E-state index contributed by atoms with van der Waals surface area (Å²) in [4.78, 5) is 19.8. The average molecular weight is 406 g/mol. The number of amides is 1. The van der Waals surface area contributed by atoms with Gasteiger partial charge in [-0.2, -0.15) is 5.26 Å². The second-order valence-corrected chi connectivity index (χ2v) is 7.58. The molecule has 1 aromatic carbocycles. The van der Waals surface area contributed by atoms with Crippen LogP contribution in [0.4, 0.5) is 0 Å². The zero-order valence-electron chi connectivity index (χ0n) is 13.3. The van der Waals surface area contributed by atoms with E-state index in [1.54, 1.807) is 35.4 Å². The molecule has 0 spiro atoms. The van der Waals surface area contributed by atoms with Crippen molar-refractivity contribution in [1.29, 1.82) is 5.26 Å². The molecule has 0 N–H and O–H groups in total.